The summed E-state index contributed by atoms with van der Waals surface area (Å²) in [6.45, 7) is 1.72. The minimum absolute atomic E-state index is 0.00832. The molecular weight excluding hydrogens is 330 g/mol. The molecule has 1 aromatic rings. The zero-order valence-corrected chi connectivity index (χ0v) is 13.6. The van der Waals surface area contributed by atoms with E-state index in [0.29, 0.717) is 12.5 Å². The van der Waals surface area contributed by atoms with Crippen molar-refractivity contribution in [2.45, 2.75) is 25.4 Å². The zero-order chi connectivity index (χ0) is 18.1. The number of hydrogen-bond donors (Lipinski definition) is 4. The van der Waals surface area contributed by atoms with Crippen molar-refractivity contribution in [3.05, 3.63) is 18.5 Å². The molecule has 11 heteroatoms. The number of amides is 5. The summed E-state index contributed by atoms with van der Waals surface area (Å²) in [4.78, 5) is 44.8. The van der Waals surface area contributed by atoms with Gasteiger partial charge in [0, 0.05) is 31.5 Å². The molecule has 2 saturated heterocycles. The normalized spacial score (nSPS) is 17.7. The number of nitrogens with one attached hydrogen (secondary N) is 4. The first kappa shape index (κ1) is 18.2. The molecule has 0 saturated carbocycles. The number of fused-ring (bicyclic) bond motifs is 2. The van der Waals surface area contributed by atoms with Crippen LogP contribution in [-0.4, -0.2) is 64.6 Å². The number of carbonyl (C=O) groups is 4. The predicted octanol–water partition coefficient (Wildman–Crippen LogP) is -2.05. The SMILES string of the molecule is O=C1NC2CCCN1C2.O=CNCC(=O)NNC(=O)Cn1cccn1. The topological polar surface area (TPSA) is 137 Å². The number of piperidine rings is 1. The standard InChI is InChI=1S/C8H11N5O3.C6H10N2O/c14-6-9-4-7(15)11-12-8(16)5-13-3-1-2-10-13;9-6-7-5-2-1-3-8(6)4-5/h1-3,6H,4-5H2,(H,9,14)(H,11,15)(H,12,16);5H,1-4H2,(H,7,9). The molecule has 4 N–H and O–H groups in total. The van der Waals surface area contributed by atoms with Crippen molar-refractivity contribution < 1.29 is 19.2 Å². The van der Waals surface area contributed by atoms with Crippen molar-refractivity contribution in [1.29, 1.82) is 0 Å². The lowest BCUT2D eigenvalue weighted by molar-refractivity contribution is -0.129. The summed E-state index contributed by atoms with van der Waals surface area (Å²) in [5, 5.41) is 8.88. The number of nitrogens with zero attached hydrogens (tertiary/aromatic N) is 3. The highest BCUT2D eigenvalue weighted by atomic mass is 16.2. The molecule has 1 aromatic heterocycles. The van der Waals surface area contributed by atoms with E-state index in [1.54, 1.807) is 18.5 Å². The van der Waals surface area contributed by atoms with Gasteiger partial charge in [0.2, 0.25) is 6.41 Å². The molecule has 0 radical (unpaired) electrons. The Balaban J connectivity index is 0.000000208. The first-order chi connectivity index (χ1) is 12.1. The molecule has 25 heavy (non-hydrogen) atoms. The number of urea groups is 1. The summed E-state index contributed by atoms with van der Waals surface area (Å²) in [5.41, 5.74) is 4.30. The van der Waals surface area contributed by atoms with Gasteiger partial charge in [0.1, 0.15) is 6.54 Å². The first-order valence-corrected chi connectivity index (χ1v) is 7.86. The van der Waals surface area contributed by atoms with Crippen LogP contribution in [0.2, 0.25) is 0 Å². The van der Waals surface area contributed by atoms with Gasteiger partial charge in [-0.05, 0) is 18.9 Å². The Morgan fingerprint density at radius 3 is 2.80 bits per heavy atom. The Kier molecular flexibility index (Phi) is 6.75. The van der Waals surface area contributed by atoms with E-state index in [4.69, 9.17) is 0 Å². The second-order valence-corrected chi connectivity index (χ2v) is 5.53. The van der Waals surface area contributed by atoms with Gasteiger partial charge < -0.3 is 15.5 Å². The highest BCUT2D eigenvalue weighted by Crippen LogP contribution is 2.15. The fraction of sp³-hybridized carbons (Fsp3) is 0.500. The lowest BCUT2D eigenvalue weighted by atomic mass is 10.1. The molecule has 0 aromatic carbocycles. The van der Waals surface area contributed by atoms with E-state index < -0.39 is 11.8 Å². The van der Waals surface area contributed by atoms with E-state index in [2.05, 4.69) is 26.6 Å². The molecule has 2 aliphatic rings. The first-order valence-electron chi connectivity index (χ1n) is 7.86. The number of aromatic nitrogens is 2. The van der Waals surface area contributed by atoms with Crippen molar-refractivity contribution in [3.63, 3.8) is 0 Å². The van der Waals surface area contributed by atoms with Gasteiger partial charge in [0.15, 0.2) is 0 Å². The fourth-order valence-corrected chi connectivity index (χ4v) is 2.44. The molecule has 0 spiro atoms. The van der Waals surface area contributed by atoms with Crippen LogP contribution in [0.15, 0.2) is 18.5 Å². The minimum Gasteiger partial charge on any atom is -0.350 e. The van der Waals surface area contributed by atoms with Crippen molar-refractivity contribution in [2.75, 3.05) is 19.6 Å². The summed E-state index contributed by atoms with van der Waals surface area (Å²) in [6.07, 6.45) is 5.89. The molecule has 2 bridgehead atoms. The van der Waals surface area contributed by atoms with Crippen LogP contribution in [0.5, 0.6) is 0 Å². The van der Waals surface area contributed by atoms with Gasteiger partial charge in [-0.2, -0.15) is 5.10 Å². The van der Waals surface area contributed by atoms with E-state index in [9.17, 15) is 19.2 Å². The summed E-state index contributed by atoms with van der Waals surface area (Å²) in [6, 6.07) is 2.28. The third-order valence-corrected chi connectivity index (χ3v) is 3.59. The summed E-state index contributed by atoms with van der Waals surface area (Å²) in [5.74, 6) is -0.927. The van der Waals surface area contributed by atoms with Crippen LogP contribution in [0.1, 0.15) is 12.8 Å². The lowest BCUT2D eigenvalue weighted by Gasteiger charge is -2.18. The molecule has 1 atom stereocenters. The molecule has 136 valence electrons. The largest absolute Gasteiger partial charge is 0.350 e. The predicted molar refractivity (Wildman–Crippen MR) is 85.7 cm³/mol. The monoisotopic (exact) mass is 351 g/mol. The third-order valence-electron chi connectivity index (χ3n) is 3.59. The Morgan fingerprint density at radius 2 is 2.16 bits per heavy atom. The second-order valence-electron chi connectivity index (χ2n) is 5.53. The van der Waals surface area contributed by atoms with Gasteiger partial charge in [-0.15, -0.1) is 0 Å². The third kappa shape index (κ3) is 6.12. The maximum atomic E-state index is 11.2. The molecule has 3 heterocycles. The Labute approximate surface area is 144 Å². The van der Waals surface area contributed by atoms with Crippen LogP contribution < -0.4 is 21.5 Å². The molecule has 0 aliphatic carbocycles. The van der Waals surface area contributed by atoms with E-state index >= 15 is 0 Å². The van der Waals surface area contributed by atoms with Crippen LogP contribution in [-0.2, 0) is 20.9 Å². The van der Waals surface area contributed by atoms with Crippen molar-refractivity contribution in [3.8, 4) is 0 Å². The highest BCUT2D eigenvalue weighted by Gasteiger charge is 2.31. The molecule has 3 rings (SSSR count). The Morgan fingerprint density at radius 1 is 1.36 bits per heavy atom. The van der Waals surface area contributed by atoms with Gasteiger partial charge >= 0.3 is 6.03 Å². The average Bonchev–Trinajstić information content (AvgIpc) is 3.20. The molecule has 1 unspecified atom stereocenters. The maximum Gasteiger partial charge on any atom is 0.317 e. The summed E-state index contributed by atoms with van der Waals surface area (Å²) < 4.78 is 1.41. The van der Waals surface area contributed by atoms with E-state index in [-0.39, 0.29) is 19.1 Å². The molecule has 2 aliphatic heterocycles. The zero-order valence-electron chi connectivity index (χ0n) is 13.6. The lowest BCUT2D eigenvalue weighted by Crippen LogP contribution is -2.46. The number of hydrazine groups is 1. The van der Waals surface area contributed by atoms with Crippen LogP contribution in [0.25, 0.3) is 0 Å². The van der Waals surface area contributed by atoms with E-state index in [1.807, 2.05) is 4.90 Å². The van der Waals surface area contributed by atoms with Crippen molar-refractivity contribution in [2.24, 2.45) is 0 Å². The van der Waals surface area contributed by atoms with Crippen LogP contribution >= 0.6 is 0 Å². The van der Waals surface area contributed by atoms with Gasteiger partial charge in [-0.25, -0.2) is 4.79 Å². The van der Waals surface area contributed by atoms with Crippen molar-refractivity contribution >= 4 is 24.3 Å². The molecule has 2 fully saturated rings. The van der Waals surface area contributed by atoms with Gasteiger partial charge in [-0.1, -0.05) is 0 Å². The Hall–Kier alpha value is -3.11. The summed E-state index contributed by atoms with van der Waals surface area (Å²) >= 11 is 0. The van der Waals surface area contributed by atoms with Crippen LogP contribution in [0.3, 0.4) is 0 Å². The number of rotatable bonds is 5. The van der Waals surface area contributed by atoms with Gasteiger partial charge in [-0.3, -0.25) is 29.9 Å². The number of carbonyl (C=O) groups excluding carboxylic acids is 4. The van der Waals surface area contributed by atoms with Crippen molar-refractivity contribution in [1.82, 2.24) is 36.2 Å². The average molecular weight is 351 g/mol. The van der Waals surface area contributed by atoms with Gasteiger partial charge in [0.25, 0.3) is 11.8 Å². The Bertz CT molecular complexity index is 604. The molecular formula is C14H21N7O4. The van der Waals surface area contributed by atoms with Crippen LogP contribution in [0.4, 0.5) is 4.79 Å². The minimum atomic E-state index is -0.513. The van der Waals surface area contributed by atoms with E-state index in [0.717, 1.165) is 13.1 Å². The van der Waals surface area contributed by atoms with Gasteiger partial charge in [0.05, 0.1) is 6.54 Å². The molecule has 5 amide bonds. The second kappa shape index (κ2) is 9.25. The quantitative estimate of drug-likeness (QED) is 0.357. The fourth-order valence-electron chi connectivity index (χ4n) is 2.44. The summed E-state index contributed by atoms with van der Waals surface area (Å²) in [7, 11) is 0. The number of hydrogen-bond acceptors (Lipinski definition) is 5. The van der Waals surface area contributed by atoms with Crippen LogP contribution in [0, 0.1) is 0 Å². The maximum absolute atomic E-state index is 11.2. The smallest absolute Gasteiger partial charge is 0.317 e. The highest BCUT2D eigenvalue weighted by molar-refractivity contribution is 5.83. The molecule has 11 nitrogen and oxygen atoms in total. The van der Waals surface area contributed by atoms with E-state index in [1.165, 1.54) is 17.5 Å².